The molecule has 0 spiro atoms. The summed E-state index contributed by atoms with van der Waals surface area (Å²) in [6.45, 7) is 2.09. The van der Waals surface area contributed by atoms with E-state index >= 15 is 0 Å². The predicted octanol–water partition coefficient (Wildman–Crippen LogP) is 6.84. The Morgan fingerprint density at radius 2 is 1.39 bits per heavy atom. The summed E-state index contributed by atoms with van der Waals surface area (Å²) >= 11 is 13.8. The molecular weight excluding hydrogens is 409 g/mol. The number of aryl methyl sites for hydroxylation is 1. The predicted molar refractivity (Wildman–Crippen MR) is 118 cm³/mol. The Morgan fingerprint density at radius 1 is 0.786 bits per heavy atom. The van der Waals surface area contributed by atoms with Gasteiger partial charge in [0.15, 0.2) is 11.0 Å². The fourth-order valence-electron chi connectivity index (χ4n) is 2.80. The molecule has 140 valence electrons. The summed E-state index contributed by atoms with van der Waals surface area (Å²) in [6, 6.07) is 23.8. The van der Waals surface area contributed by atoms with Crippen molar-refractivity contribution >= 4 is 35.0 Å². The first-order chi connectivity index (χ1) is 13.6. The topological polar surface area (TPSA) is 30.7 Å². The van der Waals surface area contributed by atoms with E-state index in [0.29, 0.717) is 10.0 Å². The minimum Gasteiger partial charge on any atom is -0.270 e. The van der Waals surface area contributed by atoms with E-state index in [0.717, 1.165) is 28.0 Å². The SMILES string of the molecule is Cc1ccc(CSc2nnc(-c3ccc(Cl)cc3)n2-c2ccc(Cl)cc2)cc1. The molecule has 0 atom stereocenters. The summed E-state index contributed by atoms with van der Waals surface area (Å²) in [4.78, 5) is 0. The lowest BCUT2D eigenvalue weighted by molar-refractivity contribution is 0.886. The van der Waals surface area contributed by atoms with Crippen molar-refractivity contribution in [3.8, 4) is 17.1 Å². The molecule has 0 saturated carbocycles. The van der Waals surface area contributed by atoms with Gasteiger partial charge in [-0.15, -0.1) is 10.2 Å². The van der Waals surface area contributed by atoms with Gasteiger partial charge in [0.25, 0.3) is 0 Å². The molecule has 6 heteroatoms. The molecule has 4 rings (SSSR count). The van der Waals surface area contributed by atoms with E-state index in [1.54, 1.807) is 11.8 Å². The van der Waals surface area contributed by atoms with Crippen molar-refractivity contribution in [1.82, 2.24) is 14.8 Å². The number of hydrogen-bond acceptors (Lipinski definition) is 3. The Morgan fingerprint density at radius 3 is 2.04 bits per heavy atom. The van der Waals surface area contributed by atoms with Gasteiger partial charge in [-0.05, 0) is 61.0 Å². The van der Waals surface area contributed by atoms with Crippen molar-refractivity contribution in [2.24, 2.45) is 0 Å². The summed E-state index contributed by atoms with van der Waals surface area (Å²) in [5.41, 5.74) is 4.41. The lowest BCUT2D eigenvalue weighted by Gasteiger charge is -2.11. The maximum Gasteiger partial charge on any atom is 0.196 e. The summed E-state index contributed by atoms with van der Waals surface area (Å²) in [5.74, 6) is 1.58. The van der Waals surface area contributed by atoms with Gasteiger partial charge in [-0.2, -0.15) is 0 Å². The van der Waals surface area contributed by atoms with Gasteiger partial charge >= 0.3 is 0 Å². The van der Waals surface area contributed by atoms with Crippen LogP contribution in [-0.4, -0.2) is 14.8 Å². The average Bonchev–Trinajstić information content (AvgIpc) is 3.13. The zero-order valence-electron chi connectivity index (χ0n) is 15.1. The fraction of sp³-hybridized carbons (Fsp3) is 0.0909. The third-order valence-corrected chi connectivity index (χ3v) is 5.81. The Labute approximate surface area is 178 Å². The van der Waals surface area contributed by atoms with Crippen LogP contribution in [0.25, 0.3) is 17.1 Å². The molecule has 28 heavy (non-hydrogen) atoms. The first-order valence-electron chi connectivity index (χ1n) is 8.76. The van der Waals surface area contributed by atoms with Crippen LogP contribution in [0.4, 0.5) is 0 Å². The molecule has 0 fully saturated rings. The molecule has 1 heterocycles. The molecule has 0 aliphatic carbocycles. The molecule has 0 N–H and O–H groups in total. The van der Waals surface area contributed by atoms with Gasteiger partial charge in [0.05, 0.1) is 0 Å². The third-order valence-electron chi connectivity index (χ3n) is 4.31. The van der Waals surface area contributed by atoms with Crippen molar-refractivity contribution < 1.29 is 0 Å². The quantitative estimate of drug-likeness (QED) is 0.327. The highest BCUT2D eigenvalue weighted by Crippen LogP contribution is 2.30. The highest BCUT2D eigenvalue weighted by molar-refractivity contribution is 7.98. The van der Waals surface area contributed by atoms with E-state index in [2.05, 4.69) is 46.0 Å². The van der Waals surface area contributed by atoms with Crippen LogP contribution in [0.15, 0.2) is 78.0 Å². The lowest BCUT2D eigenvalue weighted by Crippen LogP contribution is -1.99. The molecule has 0 bridgehead atoms. The summed E-state index contributed by atoms with van der Waals surface area (Å²) < 4.78 is 2.05. The number of halogens is 2. The van der Waals surface area contributed by atoms with E-state index < -0.39 is 0 Å². The van der Waals surface area contributed by atoms with E-state index in [1.165, 1.54) is 11.1 Å². The molecule has 3 aromatic carbocycles. The average molecular weight is 426 g/mol. The molecule has 0 radical (unpaired) electrons. The van der Waals surface area contributed by atoms with Crippen molar-refractivity contribution in [2.45, 2.75) is 17.8 Å². The number of thioether (sulfide) groups is 1. The van der Waals surface area contributed by atoms with Crippen LogP contribution in [0.1, 0.15) is 11.1 Å². The minimum absolute atomic E-state index is 0.690. The van der Waals surface area contributed by atoms with E-state index in [4.69, 9.17) is 23.2 Å². The van der Waals surface area contributed by atoms with Gasteiger partial charge in [-0.25, -0.2) is 0 Å². The van der Waals surface area contributed by atoms with Crippen LogP contribution >= 0.6 is 35.0 Å². The van der Waals surface area contributed by atoms with Crippen LogP contribution in [-0.2, 0) is 5.75 Å². The molecule has 0 aliphatic heterocycles. The highest BCUT2D eigenvalue weighted by atomic mass is 35.5. The summed E-state index contributed by atoms with van der Waals surface area (Å²) in [6.07, 6.45) is 0. The number of rotatable bonds is 5. The van der Waals surface area contributed by atoms with E-state index in [-0.39, 0.29) is 0 Å². The molecule has 0 unspecified atom stereocenters. The fourth-order valence-corrected chi connectivity index (χ4v) is 3.96. The zero-order chi connectivity index (χ0) is 19.5. The van der Waals surface area contributed by atoms with Crippen LogP contribution in [0, 0.1) is 6.92 Å². The number of hydrogen-bond donors (Lipinski definition) is 0. The van der Waals surface area contributed by atoms with Crippen molar-refractivity contribution in [1.29, 1.82) is 0 Å². The molecule has 1 aromatic heterocycles. The van der Waals surface area contributed by atoms with E-state index in [1.807, 2.05) is 48.5 Å². The number of aromatic nitrogens is 3. The Hall–Kier alpha value is -2.27. The van der Waals surface area contributed by atoms with Crippen molar-refractivity contribution in [3.63, 3.8) is 0 Å². The second kappa shape index (κ2) is 8.39. The molecule has 0 saturated heterocycles. The van der Waals surface area contributed by atoms with Gasteiger partial charge in [0.1, 0.15) is 0 Å². The van der Waals surface area contributed by atoms with Crippen LogP contribution < -0.4 is 0 Å². The van der Waals surface area contributed by atoms with Crippen molar-refractivity contribution in [2.75, 3.05) is 0 Å². The second-order valence-electron chi connectivity index (χ2n) is 6.40. The van der Waals surface area contributed by atoms with Crippen LogP contribution in [0.3, 0.4) is 0 Å². The Bertz CT molecular complexity index is 1070. The second-order valence-corrected chi connectivity index (χ2v) is 8.21. The van der Waals surface area contributed by atoms with Gasteiger partial charge in [0, 0.05) is 27.0 Å². The molecule has 0 amide bonds. The van der Waals surface area contributed by atoms with Crippen LogP contribution in [0.5, 0.6) is 0 Å². The van der Waals surface area contributed by atoms with Gasteiger partial charge in [-0.3, -0.25) is 4.57 Å². The normalized spacial score (nSPS) is 11.0. The number of nitrogens with zero attached hydrogens (tertiary/aromatic N) is 3. The maximum atomic E-state index is 6.08. The third kappa shape index (κ3) is 4.25. The molecule has 3 nitrogen and oxygen atoms in total. The highest BCUT2D eigenvalue weighted by Gasteiger charge is 2.16. The molecular formula is C22H17Cl2N3S. The Kier molecular flexibility index (Phi) is 5.72. The lowest BCUT2D eigenvalue weighted by atomic mass is 10.2. The smallest absolute Gasteiger partial charge is 0.196 e. The van der Waals surface area contributed by atoms with Crippen LogP contribution in [0.2, 0.25) is 10.0 Å². The van der Waals surface area contributed by atoms with Gasteiger partial charge in [0.2, 0.25) is 0 Å². The van der Waals surface area contributed by atoms with Gasteiger partial charge in [-0.1, -0.05) is 64.8 Å². The summed E-state index contributed by atoms with van der Waals surface area (Å²) in [7, 11) is 0. The summed E-state index contributed by atoms with van der Waals surface area (Å²) in [5, 5.41) is 11.1. The zero-order valence-corrected chi connectivity index (χ0v) is 17.5. The minimum atomic E-state index is 0.690. The molecule has 4 aromatic rings. The monoisotopic (exact) mass is 425 g/mol. The standard InChI is InChI=1S/C22H17Cl2N3S/c1-15-2-4-16(5-3-15)14-28-22-26-25-21(17-6-8-18(23)9-7-17)27(22)20-12-10-19(24)11-13-20/h2-13H,14H2,1H3. The van der Waals surface area contributed by atoms with Gasteiger partial charge < -0.3 is 0 Å². The van der Waals surface area contributed by atoms with Crippen molar-refractivity contribution in [3.05, 3.63) is 94.0 Å². The largest absolute Gasteiger partial charge is 0.270 e. The first-order valence-corrected chi connectivity index (χ1v) is 10.5. The Balaban J connectivity index is 1.72. The number of benzene rings is 3. The molecule has 0 aliphatic rings. The maximum absolute atomic E-state index is 6.08. The van der Waals surface area contributed by atoms with E-state index in [9.17, 15) is 0 Å². The first kappa shape index (κ1) is 19.1.